The van der Waals surface area contributed by atoms with Gasteiger partial charge in [0.05, 0.1) is 19.5 Å². The largest absolute Gasteiger partial charge is 1.00 e. The Morgan fingerprint density at radius 3 is 2.39 bits per heavy atom. The molecule has 218 valence electrons. The number of aryl methyl sites for hydroxylation is 1. The Hall–Kier alpha value is -3.26. The van der Waals surface area contributed by atoms with E-state index in [0.717, 1.165) is 5.56 Å². The van der Waals surface area contributed by atoms with Crippen LogP contribution in [-0.4, -0.2) is 79.0 Å². The molecule has 4 heterocycles. The van der Waals surface area contributed by atoms with Gasteiger partial charge in [-0.2, -0.15) is 5.21 Å². The van der Waals surface area contributed by atoms with Crippen LogP contribution < -0.4 is 73.3 Å². The number of rotatable bonds is 9. The Balaban J connectivity index is 0.000000442. The van der Waals surface area contributed by atoms with E-state index in [2.05, 4.69) is 40.6 Å². The third kappa shape index (κ3) is 9.88. The number of hydrogen-bond acceptors (Lipinski definition) is 14. The van der Waals surface area contributed by atoms with Crippen molar-refractivity contribution in [1.29, 1.82) is 0 Å². The molecule has 5 aromatic rings. The SMILES string of the molecule is COc1ccccc1Oc1c([NH-])nc(-c2ccnc(-c3nn[nH]n3)c2)nc1OCCO.Cc1ccc(S(=O)(=O)[O-])nc1.[Na+].[Na+]. The zero-order chi connectivity index (χ0) is 30.1. The van der Waals surface area contributed by atoms with Crippen molar-refractivity contribution in [2.75, 3.05) is 20.3 Å². The van der Waals surface area contributed by atoms with Gasteiger partial charge in [-0.3, -0.25) is 4.98 Å². The van der Waals surface area contributed by atoms with E-state index in [-0.39, 0.29) is 95.6 Å². The maximum Gasteiger partial charge on any atom is 1.00 e. The molecule has 1 aromatic carbocycles. The summed E-state index contributed by atoms with van der Waals surface area (Å²) >= 11 is 0. The third-order valence-electron chi connectivity index (χ3n) is 5.18. The van der Waals surface area contributed by atoms with Crippen LogP contribution >= 0.6 is 0 Å². The second-order valence-corrected chi connectivity index (χ2v) is 9.47. The van der Waals surface area contributed by atoms with Crippen molar-refractivity contribution in [2.24, 2.45) is 0 Å². The molecule has 0 aliphatic carbocycles. The van der Waals surface area contributed by atoms with Crippen molar-refractivity contribution in [1.82, 2.24) is 40.6 Å². The summed E-state index contributed by atoms with van der Waals surface area (Å²) in [6, 6.07) is 13.0. The quantitative estimate of drug-likeness (QED) is 0.120. The Morgan fingerprint density at radius 2 is 1.77 bits per heavy atom. The predicted octanol–water partition coefficient (Wildman–Crippen LogP) is -3.12. The summed E-state index contributed by atoms with van der Waals surface area (Å²) in [5, 5.41) is 22.4. The number of nitrogens with zero attached hydrogens (tertiary/aromatic N) is 7. The maximum atomic E-state index is 10.3. The van der Waals surface area contributed by atoms with Gasteiger partial charge in [0.15, 0.2) is 17.2 Å². The molecule has 0 aliphatic heterocycles. The molecule has 19 heteroatoms. The van der Waals surface area contributed by atoms with Crippen LogP contribution in [-0.2, 0) is 10.1 Å². The van der Waals surface area contributed by atoms with Gasteiger partial charge in [0, 0.05) is 18.0 Å². The van der Waals surface area contributed by atoms with Crippen LogP contribution in [0.25, 0.3) is 28.6 Å². The number of pyridine rings is 2. The Morgan fingerprint density at radius 1 is 1.02 bits per heavy atom. The summed E-state index contributed by atoms with van der Waals surface area (Å²) in [5.74, 6) is 1.15. The predicted molar refractivity (Wildman–Crippen MR) is 145 cm³/mol. The second kappa shape index (κ2) is 17.3. The minimum absolute atomic E-state index is 0. The number of tetrazole rings is 1. The van der Waals surface area contributed by atoms with Crippen molar-refractivity contribution >= 4 is 15.9 Å². The van der Waals surface area contributed by atoms with Crippen molar-refractivity contribution < 1.29 is 91.4 Å². The molecular formula is C25H23N9Na2O7S. The minimum atomic E-state index is -4.38. The molecule has 0 fully saturated rings. The van der Waals surface area contributed by atoms with Gasteiger partial charge >= 0.3 is 59.1 Å². The van der Waals surface area contributed by atoms with Crippen LogP contribution in [0.2, 0.25) is 0 Å². The summed E-state index contributed by atoms with van der Waals surface area (Å²) in [7, 11) is -2.87. The van der Waals surface area contributed by atoms with E-state index in [1.807, 2.05) is 0 Å². The summed E-state index contributed by atoms with van der Waals surface area (Å²) in [6.45, 7) is 1.48. The van der Waals surface area contributed by atoms with Gasteiger partial charge in [0.25, 0.3) is 5.88 Å². The molecule has 0 saturated carbocycles. The van der Waals surface area contributed by atoms with E-state index >= 15 is 0 Å². The van der Waals surface area contributed by atoms with Gasteiger partial charge in [-0.25, -0.2) is 18.4 Å². The molecule has 4 aromatic heterocycles. The first-order valence-corrected chi connectivity index (χ1v) is 13.4. The van der Waals surface area contributed by atoms with Crippen LogP contribution in [0.1, 0.15) is 5.56 Å². The number of aliphatic hydroxyl groups is 1. The molecule has 0 amide bonds. The molecule has 0 saturated heterocycles. The number of methoxy groups -OCH3 is 1. The molecule has 16 nitrogen and oxygen atoms in total. The number of hydrogen-bond donors (Lipinski definition) is 2. The number of ether oxygens (including phenoxy) is 3. The van der Waals surface area contributed by atoms with Crippen LogP contribution in [0.15, 0.2) is 66.0 Å². The molecule has 5 rings (SSSR count). The van der Waals surface area contributed by atoms with Gasteiger partial charge in [0.1, 0.15) is 27.4 Å². The fraction of sp³-hybridized carbons (Fsp3) is 0.160. The minimum Gasteiger partial charge on any atom is -0.743 e. The number of H-pyrrole nitrogens is 1. The number of aromatic amines is 1. The molecule has 44 heavy (non-hydrogen) atoms. The molecular weight excluding hydrogens is 616 g/mol. The molecule has 0 bridgehead atoms. The van der Waals surface area contributed by atoms with Gasteiger partial charge in [0.2, 0.25) is 5.82 Å². The van der Waals surface area contributed by atoms with E-state index in [4.69, 9.17) is 19.9 Å². The van der Waals surface area contributed by atoms with Crippen LogP contribution in [0.4, 0.5) is 5.82 Å². The smallest absolute Gasteiger partial charge is 0.743 e. The fourth-order valence-electron chi connectivity index (χ4n) is 3.27. The topological polar surface area (TPSA) is 235 Å². The van der Waals surface area contributed by atoms with Crippen LogP contribution in [0, 0.1) is 6.92 Å². The molecule has 0 spiro atoms. The van der Waals surface area contributed by atoms with E-state index in [1.54, 1.807) is 49.5 Å². The zero-order valence-corrected chi connectivity index (χ0v) is 28.9. The monoisotopic (exact) mass is 639 g/mol. The Kier molecular flexibility index (Phi) is 14.5. The van der Waals surface area contributed by atoms with E-state index in [1.165, 1.54) is 25.4 Å². The average molecular weight is 640 g/mol. The number of nitrogens with one attached hydrogen (secondary N) is 2. The second-order valence-electron chi connectivity index (χ2n) is 8.15. The number of aromatic nitrogens is 8. The van der Waals surface area contributed by atoms with Crippen molar-refractivity contribution in [2.45, 2.75) is 11.9 Å². The number of benzene rings is 1. The molecule has 3 N–H and O–H groups in total. The Labute approximate surface area is 296 Å². The number of para-hydroxylation sites is 2. The zero-order valence-electron chi connectivity index (χ0n) is 24.1. The van der Waals surface area contributed by atoms with E-state index in [9.17, 15) is 18.1 Å². The first-order chi connectivity index (χ1) is 20.2. The van der Waals surface area contributed by atoms with Crippen LogP contribution in [0.5, 0.6) is 23.1 Å². The molecule has 0 radical (unpaired) electrons. The van der Waals surface area contributed by atoms with Crippen molar-refractivity contribution in [3.05, 3.63) is 72.2 Å². The maximum absolute atomic E-state index is 10.3. The summed E-state index contributed by atoms with van der Waals surface area (Å²) in [5.41, 5.74) is 10.2. The summed E-state index contributed by atoms with van der Waals surface area (Å²) in [6.07, 6.45) is 2.88. The van der Waals surface area contributed by atoms with Crippen molar-refractivity contribution in [3.63, 3.8) is 0 Å². The van der Waals surface area contributed by atoms with Crippen LogP contribution in [0.3, 0.4) is 0 Å². The summed E-state index contributed by atoms with van der Waals surface area (Å²) in [4.78, 5) is 16.3. The molecule has 0 unspecified atom stereocenters. The molecule has 0 atom stereocenters. The standard InChI is InChI=1S/C19H17N8O4.C6H7NO3S.2Na/c1-29-13-4-2-3-5-14(13)31-15-16(20)22-17(23-19(15)30-9-8-28)11-6-7-21-12(10-11)18-24-26-27-25-18;1-5-2-3-6(7-4-5)11(8,9)10;;/h2-7,10,28H,8-9H2,1H3,(H2-,20,22,23,24,25,26,27);2-4H,1H3,(H,8,9,10);;/q-1;;2*+1/p-1. The first-order valence-electron chi connectivity index (χ1n) is 12.0. The number of aliphatic hydroxyl groups excluding tert-OH is 1. The molecule has 0 aliphatic rings. The first kappa shape index (κ1) is 36.9. The Bertz CT molecular complexity index is 1750. The van der Waals surface area contributed by atoms with E-state index < -0.39 is 15.1 Å². The third-order valence-corrected chi connectivity index (χ3v) is 5.93. The van der Waals surface area contributed by atoms with Gasteiger partial charge in [-0.15, -0.1) is 10.2 Å². The van der Waals surface area contributed by atoms with Crippen molar-refractivity contribution in [3.8, 4) is 46.0 Å². The van der Waals surface area contributed by atoms with Gasteiger partial charge in [-0.1, -0.05) is 18.2 Å². The average Bonchev–Trinajstić information content (AvgIpc) is 3.53. The van der Waals surface area contributed by atoms with Gasteiger partial charge < -0.3 is 34.6 Å². The van der Waals surface area contributed by atoms with Gasteiger partial charge in [-0.05, 0) is 53.9 Å². The fourth-order valence-corrected chi connectivity index (χ4v) is 3.69. The normalized spacial score (nSPS) is 10.4. The summed E-state index contributed by atoms with van der Waals surface area (Å²) < 4.78 is 47.6. The van der Waals surface area contributed by atoms with E-state index in [0.29, 0.717) is 28.6 Å².